The van der Waals surface area contributed by atoms with Gasteiger partial charge in [0.25, 0.3) is 0 Å². The van der Waals surface area contributed by atoms with Gasteiger partial charge in [-0.15, -0.1) is 0 Å². The van der Waals surface area contributed by atoms with Crippen molar-refractivity contribution in [2.24, 2.45) is 17.6 Å². The first-order valence-corrected chi connectivity index (χ1v) is 13.0. The lowest BCUT2D eigenvalue weighted by Gasteiger charge is -2.27. The van der Waals surface area contributed by atoms with Crippen LogP contribution in [0.3, 0.4) is 0 Å². The van der Waals surface area contributed by atoms with Gasteiger partial charge in [0, 0.05) is 29.9 Å². The average Bonchev–Trinajstić information content (AvgIpc) is 3.26. The van der Waals surface area contributed by atoms with Crippen molar-refractivity contribution in [2.45, 2.75) is 77.5 Å². The number of H-pyrrole nitrogens is 1. The number of aromatic nitrogens is 1. The van der Waals surface area contributed by atoms with Gasteiger partial charge >= 0.3 is 11.9 Å². The average molecular weight is 546 g/mol. The maximum Gasteiger partial charge on any atom is 0.326 e. The standard InChI is InChI=1S/C27H39N5O7/c1-14(2)11-18(28)24(35)31-21(12-16-13-29-19-8-6-5-7-17(16)19)25(36)32-23(15(3)4)26(37)30-20(27(38)39)9-10-22(33)34/h5-8,13-15,18,20-21,23,29H,9-12,28H2,1-4H3,(H,30,37)(H,31,35)(H,32,36)(H,33,34)(H,38,39). The second-order valence-electron chi connectivity index (χ2n) is 10.4. The molecule has 39 heavy (non-hydrogen) atoms. The smallest absolute Gasteiger partial charge is 0.326 e. The number of carboxylic acid groups (broad SMARTS) is 2. The molecule has 0 aliphatic carbocycles. The van der Waals surface area contributed by atoms with E-state index in [9.17, 15) is 29.1 Å². The van der Waals surface area contributed by atoms with Crippen molar-refractivity contribution in [3.05, 3.63) is 36.0 Å². The van der Waals surface area contributed by atoms with E-state index >= 15 is 0 Å². The lowest BCUT2D eigenvalue weighted by molar-refractivity contribution is -0.143. The highest BCUT2D eigenvalue weighted by molar-refractivity contribution is 5.95. The zero-order chi connectivity index (χ0) is 29.3. The highest BCUT2D eigenvalue weighted by atomic mass is 16.4. The van der Waals surface area contributed by atoms with Crippen molar-refractivity contribution in [3.63, 3.8) is 0 Å². The summed E-state index contributed by atoms with van der Waals surface area (Å²) in [7, 11) is 0. The summed E-state index contributed by atoms with van der Waals surface area (Å²) in [6.07, 6.45) is 1.50. The molecular formula is C27H39N5O7. The van der Waals surface area contributed by atoms with Gasteiger partial charge in [0.2, 0.25) is 17.7 Å². The Morgan fingerprint density at radius 2 is 1.54 bits per heavy atom. The molecule has 4 atom stereocenters. The fourth-order valence-electron chi connectivity index (χ4n) is 4.20. The molecule has 12 nitrogen and oxygen atoms in total. The van der Waals surface area contributed by atoms with E-state index in [1.54, 1.807) is 20.0 Å². The van der Waals surface area contributed by atoms with Crippen LogP contribution in [-0.2, 0) is 30.4 Å². The maximum atomic E-state index is 13.5. The Bertz CT molecular complexity index is 1180. The van der Waals surface area contributed by atoms with E-state index in [0.717, 1.165) is 16.5 Å². The van der Waals surface area contributed by atoms with Crippen molar-refractivity contribution < 1.29 is 34.2 Å². The van der Waals surface area contributed by atoms with Crippen LogP contribution in [0.2, 0.25) is 0 Å². The van der Waals surface area contributed by atoms with Gasteiger partial charge in [-0.3, -0.25) is 19.2 Å². The summed E-state index contributed by atoms with van der Waals surface area (Å²) in [5, 5.41) is 26.8. The highest BCUT2D eigenvalue weighted by Crippen LogP contribution is 2.19. The molecule has 8 N–H and O–H groups in total. The Hall–Kier alpha value is -3.93. The number of hydrogen-bond acceptors (Lipinski definition) is 6. The monoisotopic (exact) mass is 545 g/mol. The van der Waals surface area contributed by atoms with Crippen LogP contribution in [0.15, 0.2) is 30.5 Å². The normalized spacial score (nSPS) is 14.4. The summed E-state index contributed by atoms with van der Waals surface area (Å²) >= 11 is 0. The van der Waals surface area contributed by atoms with Gasteiger partial charge in [0.15, 0.2) is 0 Å². The van der Waals surface area contributed by atoms with Crippen molar-refractivity contribution in [3.8, 4) is 0 Å². The lowest BCUT2D eigenvalue weighted by Crippen LogP contribution is -2.59. The quantitative estimate of drug-likeness (QED) is 0.172. The fourth-order valence-corrected chi connectivity index (χ4v) is 4.20. The number of nitrogens with two attached hydrogens (primary N) is 1. The number of carbonyl (C=O) groups excluding carboxylic acids is 3. The molecule has 0 fully saturated rings. The van der Waals surface area contributed by atoms with E-state index in [2.05, 4.69) is 20.9 Å². The van der Waals surface area contributed by atoms with Crippen LogP contribution >= 0.6 is 0 Å². The third-order valence-electron chi connectivity index (χ3n) is 6.30. The Morgan fingerprint density at radius 1 is 0.897 bits per heavy atom. The van der Waals surface area contributed by atoms with Gasteiger partial charge in [-0.1, -0.05) is 45.9 Å². The van der Waals surface area contributed by atoms with E-state index < -0.39 is 66.2 Å². The number of rotatable bonds is 15. The number of para-hydroxylation sites is 1. The number of hydrogen-bond donors (Lipinski definition) is 7. The molecule has 214 valence electrons. The molecule has 0 aliphatic rings. The highest BCUT2D eigenvalue weighted by Gasteiger charge is 2.32. The fraction of sp³-hybridized carbons (Fsp3) is 0.519. The molecule has 0 spiro atoms. The summed E-state index contributed by atoms with van der Waals surface area (Å²) < 4.78 is 0. The summed E-state index contributed by atoms with van der Waals surface area (Å²) in [5.41, 5.74) is 7.68. The number of fused-ring (bicyclic) bond motifs is 1. The minimum Gasteiger partial charge on any atom is -0.481 e. The lowest BCUT2D eigenvalue weighted by atomic mass is 9.99. The van der Waals surface area contributed by atoms with Gasteiger partial charge in [-0.25, -0.2) is 4.79 Å². The topological polar surface area (TPSA) is 204 Å². The number of benzene rings is 1. The van der Waals surface area contributed by atoms with E-state index in [1.165, 1.54) is 0 Å². The van der Waals surface area contributed by atoms with Crippen LogP contribution < -0.4 is 21.7 Å². The molecular weight excluding hydrogens is 506 g/mol. The van der Waals surface area contributed by atoms with Gasteiger partial charge in [0.05, 0.1) is 6.04 Å². The molecule has 3 amide bonds. The first kappa shape index (κ1) is 31.3. The van der Waals surface area contributed by atoms with Crippen LogP contribution in [0.4, 0.5) is 0 Å². The third kappa shape index (κ3) is 9.40. The first-order valence-electron chi connectivity index (χ1n) is 13.0. The number of aliphatic carboxylic acids is 2. The van der Waals surface area contributed by atoms with Gasteiger partial charge in [-0.2, -0.15) is 0 Å². The number of nitrogens with one attached hydrogen (secondary N) is 4. The summed E-state index contributed by atoms with van der Waals surface area (Å²) in [6.45, 7) is 7.19. The zero-order valence-corrected chi connectivity index (χ0v) is 22.7. The molecule has 12 heteroatoms. The predicted octanol–water partition coefficient (Wildman–Crippen LogP) is 1.14. The van der Waals surface area contributed by atoms with Gasteiger partial charge in [0.1, 0.15) is 18.1 Å². The molecule has 0 bridgehead atoms. The molecule has 2 rings (SSSR count). The number of aromatic amines is 1. The SMILES string of the molecule is CC(C)CC(N)C(=O)NC(Cc1c[nH]c2ccccc12)C(=O)NC(C(=O)NC(CCC(=O)O)C(=O)O)C(C)C. The number of amides is 3. The van der Waals surface area contributed by atoms with Crippen LogP contribution in [0, 0.1) is 11.8 Å². The molecule has 1 heterocycles. The minimum atomic E-state index is -1.44. The second kappa shape index (κ2) is 14.3. The van der Waals surface area contributed by atoms with Crippen LogP contribution in [0.5, 0.6) is 0 Å². The van der Waals surface area contributed by atoms with Crippen LogP contribution in [-0.4, -0.2) is 69.0 Å². The van der Waals surface area contributed by atoms with Crippen LogP contribution in [0.25, 0.3) is 10.9 Å². The number of carboxylic acids is 2. The molecule has 0 saturated carbocycles. The first-order chi connectivity index (χ1) is 18.3. The second-order valence-corrected chi connectivity index (χ2v) is 10.4. The molecule has 4 unspecified atom stereocenters. The zero-order valence-electron chi connectivity index (χ0n) is 22.7. The van der Waals surface area contributed by atoms with Crippen molar-refractivity contribution in [1.29, 1.82) is 0 Å². The minimum absolute atomic E-state index is 0.110. The van der Waals surface area contributed by atoms with E-state index in [1.807, 2.05) is 38.1 Å². The summed E-state index contributed by atoms with van der Waals surface area (Å²) in [5.74, 6) is -4.80. The molecule has 1 aromatic heterocycles. The Balaban J connectivity index is 2.27. The third-order valence-corrected chi connectivity index (χ3v) is 6.30. The Labute approximate surface area is 227 Å². The van der Waals surface area contributed by atoms with Crippen molar-refractivity contribution >= 4 is 40.6 Å². The molecule has 0 aliphatic heterocycles. The Morgan fingerprint density at radius 3 is 2.13 bits per heavy atom. The summed E-state index contributed by atoms with van der Waals surface area (Å²) in [4.78, 5) is 64.9. The summed E-state index contributed by atoms with van der Waals surface area (Å²) in [6, 6.07) is 2.99. The molecule has 2 aromatic rings. The van der Waals surface area contributed by atoms with Crippen molar-refractivity contribution in [2.75, 3.05) is 0 Å². The number of carbonyl (C=O) groups is 5. The molecule has 1 aromatic carbocycles. The van der Waals surface area contributed by atoms with Gasteiger partial charge in [-0.05, 0) is 36.3 Å². The van der Waals surface area contributed by atoms with Crippen LogP contribution in [0.1, 0.15) is 52.5 Å². The van der Waals surface area contributed by atoms with Gasteiger partial charge < -0.3 is 36.9 Å². The predicted molar refractivity (Wildman–Crippen MR) is 145 cm³/mol. The molecule has 0 saturated heterocycles. The maximum absolute atomic E-state index is 13.5. The van der Waals surface area contributed by atoms with E-state index in [4.69, 9.17) is 10.8 Å². The largest absolute Gasteiger partial charge is 0.481 e. The Kier molecular flexibility index (Phi) is 11.5. The molecule has 0 radical (unpaired) electrons. The van der Waals surface area contributed by atoms with E-state index in [0.29, 0.717) is 6.42 Å². The van der Waals surface area contributed by atoms with E-state index in [-0.39, 0.29) is 18.8 Å². The van der Waals surface area contributed by atoms with Crippen molar-refractivity contribution in [1.82, 2.24) is 20.9 Å².